The summed E-state index contributed by atoms with van der Waals surface area (Å²) < 4.78 is 0. The fourth-order valence-corrected chi connectivity index (χ4v) is 2.82. The predicted octanol–water partition coefficient (Wildman–Crippen LogP) is 4.02. The van der Waals surface area contributed by atoms with Gasteiger partial charge in [0.05, 0.1) is 10.7 Å². The van der Waals surface area contributed by atoms with Crippen molar-refractivity contribution < 1.29 is 14.7 Å². The molecule has 0 bridgehead atoms. The van der Waals surface area contributed by atoms with Crippen molar-refractivity contribution in [2.45, 2.75) is 13.0 Å². The van der Waals surface area contributed by atoms with Gasteiger partial charge in [0.25, 0.3) is 0 Å². The molecule has 0 aromatic heterocycles. The summed E-state index contributed by atoms with van der Waals surface area (Å²) in [5.41, 5.74) is 3.19. The zero-order chi connectivity index (χ0) is 17.1. The molecule has 6 nitrogen and oxygen atoms in total. The maximum atomic E-state index is 12.1. The van der Waals surface area contributed by atoms with Crippen LogP contribution in [0.1, 0.15) is 11.1 Å². The van der Waals surface area contributed by atoms with Crippen molar-refractivity contribution in [1.29, 1.82) is 0 Å². The van der Waals surface area contributed by atoms with Gasteiger partial charge < -0.3 is 20.6 Å². The second-order valence-corrected chi connectivity index (χ2v) is 5.90. The van der Waals surface area contributed by atoms with E-state index >= 15 is 0 Å². The van der Waals surface area contributed by atoms with Gasteiger partial charge in [-0.05, 0) is 41.8 Å². The molecule has 2 aromatic carbocycles. The van der Waals surface area contributed by atoms with E-state index in [4.69, 9.17) is 16.7 Å². The number of anilines is 2. The minimum absolute atomic E-state index is 0.372. The first-order chi connectivity index (χ1) is 11.5. The Hall–Kier alpha value is -2.73. The number of para-hydroxylation sites is 1. The Labute approximate surface area is 144 Å². The minimum atomic E-state index is -0.915. The number of hydrogen-bond donors (Lipinski definition) is 3. The summed E-state index contributed by atoms with van der Waals surface area (Å²) in [4.78, 5) is 24.5. The molecule has 0 radical (unpaired) electrons. The van der Waals surface area contributed by atoms with Crippen LogP contribution in [0, 0.1) is 0 Å². The number of amides is 3. The van der Waals surface area contributed by atoms with Crippen LogP contribution in [-0.4, -0.2) is 28.7 Å². The molecular formula is C17H16ClN3O3. The van der Waals surface area contributed by atoms with Gasteiger partial charge in [0.2, 0.25) is 0 Å². The third kappa shape index (κ3) is 3.60. The lowest BCUT2D eigenvalue weighted by atomic mass is 9.99. The number of carbonyl (C=O) groups is 2. The second kappa shape index (κ2) is 6.80. The Morgan fingerprint density at radius 3 is 2.62 bits per heavy atom. The Kier molecular flexibility index (Phi) is 4.57. The van der Waals surface area contributed by atoms with Crippen LogP contribution in [0.2, 0.25) is 5.02 Å². The molecule has 0 saturated heterocycles. The van der Waals surface area contributed by atoms with Crippen LogP contribution in [-0.2, 0) is 13.0 Å². The van der Waals surface area contributed by atoms with Gasteiger partial charge in [-0.3, -0.25) is 0 Å². The smallest absolute Gasteiger partial charge is 0.407 e. The van der Waals surface area contributed by atoms with Gasteiger partial charge in [-0.2, -0.15) is 0 Å². The van der Waals surface area contributed by atoms with Crippen LogP contribution in [0.4, 0.5) is 21.0 Å². The molecule has 3 N–H and O–H groups in total. The number of hydrogen-bond acceptors (Lipinski definition) is 2. The Morgan fingerprint density at radius 1 is 1.08 bits per heavy atom. The number of carbonyl (C=O) groups excluding carboxylic acids is 1. The number of benzene rings is 2. The van der Waals surface area contributed by atoms with E-state index in [0.29, 0.717) is 35.9 Å². The van der Waals surface area contributed by atoms with Crippen LogP contribution in [0.3, 0.4) is 0 Å². The van der Waals surface area contributed by atoms with Gasteiger partial charge in [-0.25, -0.2) is 9.59 Å². The Bertz CT molecular complexity index is 794. The number of carboxylic acid groups (broad SMARTS) is 1. The molecule has 0 unspecified atom stereocenters. The molecule has 7 heteroatoms. The van der Waals surface area contributed by atoms with Crippen molar-refractivity contribution in [2.75, 3.05) is 17.2 Å². The lowest BCUT2D eigenvalue weighted by molar-refractivity contribution is 0.140. The standard InChI is InChI=1S/C17H16ClN3O3/c18-14-3-1-2-4-15(14)20-16(22)19-13-6-5-12-10-21(17(23)24)8-7-11(12)9-13/h1-6,9H,7-8,10H2,(H,23,24)(H2,19,20,22). The third-order valence-electron chi connectivity index (χ3n) is 3.87. The van der Waals surface area contributed by atoms with Gasteiger partial charge in [-0.1, -0.05) is 29.8 Å². The molecule has 0 spiro atoms. The number of fused-ring (bicyclic) bond motifs is 1. The van der Waals surface area contributed by atoms with E-state index in [9.17, 15) is 9.59 Å². The average Bonchev–Trinajstić information content (AvgIpc) is 2.56. The highest BCUT2D eigenvalue weighted by Gasteiger charge is 2.20. The quantitative estimate of drug-likeness (QED) is 0.768. The summed E-state index contributed by atoms with van der Waals surface area (Å²) in [6.07, 6.45) is -0.287. The van der Waals surface area contributed by atoms with E-state index in [0.717, 1.165) is 11.1 Å². The molecule has 0 atom stereocenters. The van der Waals surface area contributed by atoms with E-state index < -0.39 is 6.09 Å². The molecule has 1 heterocycles. The average molecular weight is 346 g/mol. The fraction of sp³-hybridized carbons (Fsp3) is 0.176. The summed E-state index contributed by atoms with van der Waals surface area (Å²) in [6, 6.07) is 12.1. The topological polar surface area (TPSA) is 81.7 Å². The Balaban J connectivity index is 1.67. The van der Waals surface area contributed by atoms with Crippen molar-refractivity contribution in [3.8, 4) is 0 Å². The van der Waals surface area contributed by atoms with E-state index in [1.54, 1.807) is 30.3 Å². The molecule has 24 heavy (non-hydrogen) atoms. The zero-order valence-corrected chi connectivity index (χ0v) is 13.5. The minimum Gasteiger partial charge on any atom is -0.465 e. The van der Waals surface area contributed by atoms with Gasteiger partial charge in [-0.15, -0.1) is 0 Å². The summed E-state index contributed by atoms with van der Waals surface area (Å²) in [7, 11) is 0. The first-order valence-electron chi connectivity index (χ1n) is 7.45. The SMILES string of the molecule is O=C(Nc1ccc2c(c1)CCN(C(=O)O)C2)Nc1ccccc1Cl. The molecule has 3 amide bonds. The highest BCUT2D eigenvalue weighted by atomic mass is 35.5. The van der Waals surface area contributed by atoms with E-state index in [-0.39, 0.29) is 6.03 Å². The number of nitrogens with one attached hydrogen (secondary N) is 2. The number of halogens is 1. The lowest BCUT2D eigenvalue weighted by Crippen LogP contribution is -2.34. The van der Waals surface area contributed by atoms with E-state index in [1.165, 1.54) is 4.90 Å². The van der Waals surface area contributed by atoms with Crippen LogP contribution in [0.5, 0.6) is 0 Å². The number of rotatable bonds is 2. The van der Waals surface area contributed by atoms with Crippen molar-refractivity contribution in [3.63, 3.8) is 0 Å². The first kappa shape index (κ1) is 16.1. The maximum Gasteiger partial charge on any atom is 0.407 e. The van der Waals surface area contributed by atoms with E-state index in [1.807, 2.05) is 12.1 Å². The largest absolute Gasteiger partial charge is 0.465 e. The third-order valence-corrected chi connectivity index (χ3v) is 4.20. The summed E-state index contributed by atoms with van der Waals surface area (Å²) >= 11 is 6.01. The van der Waals surface area contributed by atoms with Gasteiger partial charge in [0, 0.05) is 18.8 Å². The maximum absolute atomic E-state index is 12.1. The van der Waals surface area contributed by atoms with Crippen LogP contribution >= 0.6 is 11.6 Å². The van der Waals surface area contributed by atoms with Crippen LogP contribution in [0.25, 0.3) is 0 Å². The molecule has 3 rings (SSSR count). The molecular weight excluding hydrogens is 330 g/mol. The predicted molar refractivity (Wildman–Crippen MR) is 92.7 cm³/mol. The zero-order valence-electron chi connectivity index (χ0n) is 12.8. The summed E-state index contributed by atoms with van der Waals surface area (Å²) in [5.74, 6) is 0. The molecule has 0 fully saturated rings. The molecule has 0 saturated carbocycles. The molecule has 0 aliphatic carbocycles. The second-order valence-electron chi connectivity index (χ2n) is 5.50. The highest BCUT2D eigenvalue weighted by Crippen LogP contribution is 2.24. The van der Waals surface area contributed by atoms with Crippen molar-refractivity contribution in [2.24, 2.45) is 0 Å². The van der Waals surface area contributed by atoms with Gasteiger partial charge >= 0.3 is 12.1 Å². The van der Waals surface area contributed by atoms with Crippen molar-refractivity contribution in [3.05, 3.63) is 58.6 Å². The number of urea groups is 1. The summed E-state index contributed by atoms with van der Waals surface area (Å²) in [6.45, 7) is 0.828. The fourth-order valence-electron chi connectivity index (χ4n) is 2.64. The van der Waals surface area contributed by atoms with E-state index in [2.05, 4.69) is 10.6 Å². The molecule has 1 aliphatic rings. The molecule has 2 aromatic rings. The highest BCUT2D eigenvalue weighted by molar-refractivity contribution is 6.33. The van der Waals surface area contributed by atoms with Crippen LogP contribution in [0.15, 0.2) is 42.5 Å². The number of nitrogens with zero attached hydrogens (tertiary/aromatic N) is 1. The molecule has 124 valence electrons. The normalized spacial score (nSPS) is 13.1. The summed E-state index contributed by atoms with van der Waals surface area (Å²) in [5, 5.41) is 15.0. The Morgan fingerprint density at radius 2 is 1.88 bits per heavy atom. The lowest BCUT2D eigenvalue weighted by Gasteiger charge is -2.26. The van der Waals surface area contributed by atoms with Gasteiger partial charge in [0.1, 0.15) is 0 Å². The first-order valence-corrected chi connectivity index (χ1v) is 7.83. The van der Waals surface area contributed by atoms with Gasteiger partial charge in [0.15, 0.2) is 0 Å². The monoisotopic (exact) mass is 345 g/mol. The van der Waals surface area contributed by atoms with Crippen molar-refractivity contribution >= 4 is 35.1 Å². The molecule has 1 aliphatic heterocycles. The van der Waals surface area contributed by atoms with Crippen molar-refractivity contribution in [1.82, 2.24) is 4.90 Å². The van der Waals surface area contributed by atoms with Crippen LogP contribution < -0.4 is 10.6 Å².